The van der Waals surface area contributed by atoms with Gasteiger partial charge in [-0.05, 0) is 74.7 Å². The molecule has 0 aromatic heterocycles. The van der Waals surface area contributed by atoms with Gasteiger partial charge in [0.2, 0.25) is 15.9 Å². The summed E-state index contributed by atoms with van der Waals surface area (Å²) in [6, 6.07) is 12.5. The van der Waals surface area contributed by atoms with Crippen LogP contribution in [-0.4, -0.2) is 46.9 Å². The standard InChI is InChI=1S/C23H32N2O5S/c1-17-8-11-22(15-18(17)2)30-16-19(3)24-23(26)7-6-14-25(31(5,27)28)20-9-12-21(29-4)13-10-20/h8-13,15,19H,6-7,14,16H2,1-5H3,(H,24,26)/t19-/m1/s1. The number of aryl methyl sites for hydroxylation is 2. The molecule has 0 heterocycles. The van der Waals surface area contributed by atoms with Gasteiger partial charge in [-0.25, -0.2) is 8.42 Å². The van der Waals surface area contributed by atoms with E-state index in [1.54, 1.807) is 31.4 Å². The molecule has 0 spiro atoms. The highest BCUT2D eigenvalue weighted by Crippen LogP contribution is 2.22. The van der Waals surface area contributed by atoms with Crippen molar-refractivity contribution < 1.29 is 22.7 Å². The average Bonchev–Trinajstić information content (AvgIpc) is 2.71. The van der Waals surface area contributed by atoms with Crippen molar-refractivity contribution in [1.29, 1.82) is 0 Å². The van der Waals surface area contributed by atoms with Gasteiger partial charge in [-0.1, -0.05) is 6.07 Å². The lowest BCUT2D eigenvalue weighted by atomic mass is 10.1. The molecule has 0 unspecified atom stereocenters. The van der Waals surface area contributed by atoms with Gasteiger partial charge in [0.25, 0.3) is 0 Å². The Labute approximate surface area is 185 Å². The highest BCUT2D eigenvalue weighted by atomic mass is 32.2. The number of amides is 1. The van der Waals surface area contributed by atoms with E-state index in [0.717, 1.165) is 17.6 Å². The molecule has 7 nitrogen and oxygen atoms in total. The third kappa shape index (κ3) is 7.79. The average molecular weight is 449 g/mol. The summed E-state index contributed by atoms with van der Waals surface area (Å²) in [6.07, 6.45) is 1.77. The number of benzene rings is 2. The van der Waals surface area contributed by atoms with Crippen LogP contribution in [0.25, 0.3) is 0 Å². The van der Waals surface area contributed by atoms with E-state index >= 15 is 0 Å². The fourth-order valence-corrected chi connectivity index (χ4v) is 4.00. The Morgan fingerprint density at radius 2 is 1.71 bits per heavy atom. The molecule has 0 saturated carbocycles. The molecule has 170 valence electrons. The Bertz CT molecular complexity index is 974. The molecule has 8 heteroatoms. The molecule has 0 bridgehead atoms. The number of hydrogen-bond donors (Lipinski definition) is 1. The van der Waals surface area contributed by atoms with Crippen molar-refractivity contribution in [2.75, 3.05) is 30.8 Å². The van der Waals surface area contributed by atoms with Crippen LogP contribution >= 0.6 is 0 Å². The Morgan fingerprint density at radius 1 is 1.06 bits per heavy atom. The van der Waals surface area contributed by atoms with Gasteiger partial charge in [-0.2, -0.15) is 0 Å². The van der Waals surface area contributed by atoms with E-state index in [1.807, 2.05) is 39.0 Å². The van der Waals surface area contributed by atoms with E-state index in [9.17, 15) is 13.2 Å². The summed E-state index contributed by atoms with van der Waals surface area (Å²) in [5.41, 5.74) is 2.90. The zero-order valence-corrected chi connectivity index (χ0v) is 19.7. The van der Waals surface area contributed by atoms with E-state index in [4.69, 9.17) is 9.47 Å². The Hall–Kier alpha value is -2.74. The Balaban J connectivity index is 1.82. The second kappa shape index (κ2) is 11.0. The second-order valence-electron chi connectivity index (χ2n) is 7.66. The Kier molecular flexibility index (Phi) is 8.74. The van der Waals surface area contributed by atoms with Crippen LogP contribution in [0, 0.1) is 13.8 Å². The van der Waals surface area contributed by atoms with Crippen LogP contribution in [0.15, 0.2) is 42.5 Å². The van der Waals surface area contributed by atoms with Gasteiger partial charge >= 0.3 is 0 Å². The highest BCUT2D eigenvalue weighted by molar-refractivity contribution is 7.92. The van der Waals surface area contributed by atoms with E-state index in [1.165, 1.54) is 9.87 Å². The van der Waals surface area contributed by atoms with Gasteiger partial charge in [0.15, 0.2) is 0 Å². The third-order valence-corrected chi connectivity index (χ3v) is 6.11. The molecular weight excluding hydrogens is 416 g/mol. The van der Waals surface area contributed by atoms with Gasteiger partial charge in [0.1, 0.15) is 18.1 Å². The minimum absolute atomic E-state index is 0.139. The number of nitrogens with one attached hydrogen (secondary N) is 1. The molecule has 0 saturated heterocycles. The van der Waals surface area contributed by atoms with Crippen molar-refractivity contribution in [3.8, 4) is 11.5 Å². The van der Waals surface area contributed by atoms with Crippen LogP contribution < -0.4 is 19.1 Å². The van der Waals surface area contributed by atoms with Crippen molar-refractivity contribution in [3.05, 3.63) is 53.6 Å². The first kappa shape index (κ1) is 24.5. The fraction of sp³-hybridized carbons (Fsp3) is 0.435. The summed E-state index contributed by atoms with van der Waals surface area (Å²) in [5, 5.41) is 2.90. The molecule has 31 heavy (non-hydrogen) atoms. The van der Waals surface area contributed by atoms with Crippen molar-refractivity contribution in [3.63, 3.8) is 0 Å². The van der Waals surface area contributed by atoms with Gasteiger partial charge in [0, 0.05) is 13.0 Å². The minimum Gasteiger partial charge on any atom is -0.497 e. The number of sulfonamides is 1. The molecular formula is C23H32N2O5S. The van der Waals surface area contributed by atoms with E-state index in [-0.39, 0.29) is 24.9 Å². The van der Waals surface area contributed by atoms with Crippen molar-refractivity contribution >= 4 is 21.6 Å². The number of anilines is 1. The number of carbonyl (C=O) groups excluding carboxylic acids is 1. The van der Waals surface area contributed by atoms with Crippen LogP contribution in [0.5, 0.6) is 11.5 Å². The molecule has 2 rings (SSSR count). The van der Waals surface area contributed by atoms with Crippen LogP contribution in [0.2, 0.25) is 0 Å². The van der Waals surface area contributed by atoms with E-state index in [0.29, 0.717) is 24.5 Å². The third-order valence-electron chi connectivity index (χ3n) is 4.91. The molecule has 1 amide bonds. The summed E-state index contributed by atoms with van der Waals surface area (Å²) in [7, 11) is -1.91. The largest absolute Gasteiger partial charge is 0.497 e. The van der Waals surface area contributed by atoms with Crippen molar-refractivity contribution in [2.45, 2.75) is 39.7 Å². The number of nitrogens with zero attached hydrogens (tertiary/aromatic N) is 1. The molecule has 0 fully saturated rings. The molecule has 2 aromatic carbocycles. The first-order chi connectivity index (χ1) is 14.6. The molecule has 0 aliphatic carbocycles. The summed E-state index contributed by atoms with van der Waals surface area (Å²) < 4.78 is 36.5. The zero-order valence-electron chi connectivity index (χ0n) is 18.8. The quantitative estimate of drug-likeness (QED) is 0.569. The molecule has 0 aliphatic rings. The normalized spacial score (nSPS) is 12.2. The predicted molar refractivity (Wildman–Crippen MR) is 123 cm³/mol. The zero-order chi connectivity index (χ0) is 23.0. The van der Waals surface area contributed by atoms with E-state index < -0.39 is 10.0 Å². The topological polar surface area (TPSA) is 84.9 Å². The monoisotopic (exact) mass is 448 g/mol. The lowest BCUT2D eigenvalue weighted by molar-refractivity contribution is -0.121. The summed E-state index contributed by atoms with van der Waals surface area (Å²) in [6.45, 7) is 6.52. The second-order valence-corrected chi connectivity index (χ2v) is 9.57. The molecule has 2 aromatic rings. The number of ether oxygens (including phenoxy) is 2. The number of methoxy groups -OCH3 is 1. The molecule has 0 aliphatic heterocycles. The van der Waals surface area contributed by atoms with Gasteiger partial charge in [0.05, 0.1) is 25.1 Å². The SMILES string of the molecule is COc1ccc(N(CCCC(=O)N[C@H](C)COc2ccc(C)c(C)c2)S(C)(=O)=O)cc1. The smallest absolute Gasteiger partial charge is 0.232 e. The number of rotatable bonds is 11. The Morgan fingerprint density at radius 3 is 2.29 bits per heavy atom. The number of carbonyl (C=O) groups is 1. The predicted octanol–water partition coefficient (Wildman–Crippen LogP) is 3.44. The minimum atomic E-state index is -3.46. The lowest BCUT2D eigenvalue weighted by Crippen LogP contribution is -2.37. The molecule has 1 atom stereocenters. The highest BCUT2D eigenvalue weighted by Gasteiger charge is 2.18. The van der Waals surface area contributed by atoms with Gasteiger partial charge in [-0.3, -0.25) is 9.10 Å². The molecule has 0 radical (unpaired) electrons. The summed E-state index contributed by atoms with van der Waals surface area (Å²) in [5.74, 6) is 1.28. The van der Waals surface area contributed by atoms with Crippen LogP contribution in [0.3, 0.4) is 0 Å². The van der Waals surface area contributed by atoms with Crippen LogP contribution in [-0.2, 0) is 14.8 Å². The maximum atomic E-state index is 12.3. The number of hydrogen-bond acceptors (Lipinski definition) is 5. The maximum Gasteiger partial charge on any atom is 0.232 e. The van der Waals surface area contributed by atoms with Gasteiger partial charge in [-0.15, -0.1) is 0 Å². The summed E-state index contributed by atoms with van der Waals surface area (Å²) in [4.78, 5) is 12.3. The van der Waals surface area contributed by atoms with Crippen LogP contribution in [0.4, 0.5) is 5.69 Å². The molecule has 1 N–H and O–H groups in total. The first-order valence-electron chi connectivity index (χ1n) is 10.2. The summed E-state index contributed by atoms with van der Waals surface area (Å²) >= 11 is 0. The first-order valence-corrected chi connectivity index (χ1v) is 12.1. The lowest BCUT2D eigenvalue weighted by Gasteiger charge is -2.22. The maximum absolute atomic E-state index is 12.3. The van der Waals surface area contributed by atoms with Crippen LogP contribution in [0.1, 0.15) is 30.9 Å². The van der Waals surface area contributed by atoms with Crippen molar-refractivity contribution in [1.82, 2.24) is 5.32 Å². The van der Waals surface area contributed by atoms with Crippen molar-refractivity contribution in [2.24, 2.45) is 0 Å². The van der Waals surface area contributed by atoms with E-state index in [2.05, 4.69) is 5.32 Å². The fourth-order valence-electron chi connectivity index (χ4n) is 3.03. The van der Waals surface area contributed by atoms with Gasteiger partial charge < -0.3 is 14.8 Å².